The molecule has 1 saturated heterocycles. The number of benzene rings is 1. The van der Waals surface area contributed by atoms with Gasteiger partial charge in [0.1, 0.15) is 0 Å². The highest BCUT2D eigenvalue weighted by Gasteiger charge is 2.29. The molecule has 0 aromatic heterocycles. The number of nitrogens with zero attached hydrogens (tertiary/aromatic N) is 5. The van der Waals surface area contributed by atoms with Crippen LogP contribution in [0.1, 0.15) is 33.3 Å². The molecule has 0 bridgehead atoms. The maximum atomic E-state index is 4.88. The molecule has 1 fully saturated rings. The molecule has 0 radical (unpaired) electrons. The van der Waals surface area contributed by atoms with E-state index in [0.717, 1.165) is 59.3 Å². The van der Waals surface area contributed by atoms with E-state index in [4.69, 9.17) is 4.99 Å². The van der Waals surface area contributed by atoms with Crippen LogP contribution in [0.15, 0.2) is 39.3 Å². The average molecular weight is 406 g/mol. The highest BCUT2D eigenvalue weighted by Crippen LogP contribution is 2.36. The second-order valence-corrected chi connectivity index (χ2v) is 7.08. The lowest BCUT2D eigenvalue weighted by Gasteiger charge is -2.39. The molecule has 25 heavy (non-hydrogen) atoms. The first-order valence-electron chi connectivity index (χ1n) is 8.78. The Morgan fingerprint density at radius 1 is 1.16 bits per heavy atom. The van der Waals surface area contributed by atoms with Crippen molar-refractivity contribution in [2.45, 2.75) is 27.7 Å². The Morgan fingerprint density at radius 3 is 2.40 bits per heavy atom. The molecule has 0 aliphatic carbocycles. The number of piperazine rings is 1. The van der Waals surface area contributed by atoms with Crippen LogP contribution < -0.4 is 0 Å². The molecule has 5 nitrogen and oxygen atoms in total. The van der Waals surface area contributed by atoms with Gasteiger partial charge in [-0.1, -0.05) is 36.4 Å². The van der Waals surface area contributed by atoms with Crippen LogP contribution in [0.4, 0.5) is 5.69 Å². The van der Waals surface area contributed by atoms with E-state index in [2.05, 4.69) is 50.5 Å². The van der Waals surface area contributed by atoms with Crippen molar-refractivity contribution >= 4 is 39.0 Å². The van der Waals surface area contributed by atoms with Crippen LogP contribution in [0.5, 0.6) is 0 Å². The van der Waals surface area contributed by atoms with E-state index in [1.54, 1.807) is 0 Å². The molecule has 3 rings (SSSR count). The van der Waals surface area contributed by atoms with E-state index in [9.17, 15) is 0 Å². The van der Waals surface area contributed by atoms with Crippen LogP contribution in [0.2, 0.25) is 0 Å². The van der Waals surface area contributed by atoms with Crippen LogP contribution in [0, 0.1) is 0 Å². The third kappa shape index (κ3) is 4.50. The second kappa shape index (κ2) is 8.63. The molecule has 136 valence electrons. The number of guanidine groups is 1. The van der Waals surface area contributed by atoms with Gasteiger partial charge in [-0.2, -0.15) is 5.10 Å². The van der Waals surface area contributed by atoms with Crippen molar-refractivity contribution in [2.75, 3.05) is 33.2 Å². The molecular formula is C19H28BrN5. The first-order valence-corrected chi connectivity index (χ1v) is 9.58. The maximum Gasteiger partial charge on any atom is 0.227 e. The fourth-order valence-electron chi connectivity index (χ4n) is 2.74. The van der Waals surface area contributed by atoms with Gasteiger partial charge in [-0.15, -0.1) is 0 Å². The van der Waals surface area contributed by atoms with E-state index >= 15 is 0 Å². The summed E-state index contributed by atoms with van der Waals surface area (Å²) in [4.78, 5) is 9.51. The van der Waals surface area contributed by atoms with Crippen molar-refractivity contribution in [1.29, 1.82) is 0 Å². The SMILES string of the molecule is C=C1c2cc(Br)ccc2N=C(N2CCN(C)CC2)N1N=C(C)C.CC. The quantitative estimate of drug-likeness (QED) is 0.649. The molecule has 6 heteroatoms. The number of halogens is 1. The molecule has 0 unspecified atom stereocenters. The first kappa shape index (κ1) is 19.7. The number of hydrazone groups is 1. The molecule has 2 aliphatic heterocycles. The lowest BCUT2D eigenvalue weighted by atomic mass is 10.1. The third-order valence-electron chi connectivity index (χ3n) is 4.02. The van der Waals surface area contributed by atoms with Gasteiger partial charge in [-0.05, 0) is 39.1 Å². The summed E-state index contributed by atoms with van der Waals surface area (Å²) in [5, 5.41) is 6.56. The van der Waals surface area contributed by atoms with Crippen molar-refractivity contribution in [3.63, 3.8) is 0 Å². The molecule has 2 aliphatic rings. The van der Waals surface area contributed by atoms with Crippen molar-refractivity contribution in [2.24, 2.45) is 10.1 Å². The van der Waals surface area contributed by atoms with Crippen LogP contribution in [-0.2, 0) is 0 Å². The summed E-state index contributed by atoms with van der Waals surface area (Å²) in [5.41, 5.74) is 3.81. The summed E-state index contributed by atoms with van der Waals surface area (Å²) in [6.07, 6.45) is 0. The van der Waals surface area contributed by atoms with Crippen molar-refractivity contribution in [3.05, 3.63) is 34.8 Å². The van der Waals surface area contributed by atoms with Crippen LogP contribution in [0.3, 0.4) is 0 Å². The maximum absolute atomic E-state index is 4.88. The zero-order valence-corrected chi connectivity index (χ0v) is 17.5. The van der Waals surface area contributed by atoms with Crippen LogP contribution in [0.25, 0.3) is 5.70 Å². The average Bonchev–Trinajstić information content (AvgIpc) is 2.60. The molecule has 0 saturated carbocycles. The van der Waals surface area contributed by atoms with Gasteiger partial charge in [0.15, 0.2) is 0 Å². The van der Waals surface area contributed by atoms with E-state index in [1.165, 1.54) is 0 Å². The van der Waals surface area contributed by atoms with Crippen LogP contribution >= 0.6 is 15.9 Å². The van der Waals surface area contributed by atoms with E-state index < -0.39 is 0 Å². The van der Waals surface area contributed by atoms with E-state index in [1.807, 2.05) is 44.8 Å². The summed E-state index contributed by atoms with van der Waals surface area (Å²) in [5.74, 6) is 0.874. The standard InChI is InChI=1S/C17H22BrN5.C2H6/c1-12(2)20-23-13(3)15-11-14(18)5-6-16(15)19-17(23)22-9-7-21(4)8-10-22;1-2/h5-6,11H,3,7-10H2,1-2,4H3;1-2H3. The topological polar surface area (TPSA) is 34.4 Å². The monoisotopic (exact) mass is 405 g/mol. The van der Waals surface area contributed by atoms with E-state index in [0.29, 0.717) is 0 Å². The Morgan fingerprint density at radius 2 is 1.80 bits per heavy atom. The van der Waals surface area contributed by atoms with Gasteiger partial charge in [0.05, 0.1) is 11.4 Å². The minimum atomic E-state index is 0.867. The third-order valence-corrected chi connectivity index (χ3v) is 4.51. The van der Waals surface area contributed by atoms with Gasteiger partial charge < -0.3 is 9.80 Å². The lowest BCUT2D eigenvalue weighted by Crippen LogP contribution is -2.51. The Balaban J connectivity index is 0.00000109. The number of likely N-dealkylation sites (N-methyl/N-ethyl adjacent to an activating group) is 1. The normalized spacial score (nSPS) is 17.4. The fraction of sp³-hybridized carbons (Fsp3) is 0.474. The number of rotatable bonds is 1. The summed E-state index contributed by atoms with van der Waals surface area (Å²) in [7, 11) is 2.15. The summed E-state index contributed by atoms with van der Waals surface area (Å²) in [6, 6.07) is 6.09. The summed E-state index contributed by atoms with van der Waals surface area (Å²) >= 11 is 3.53. The van der Waals surface area contributed by atoms with E-state index in [-0.39, 0.29) is 0 Å². The summed E-state index contributed by atoms with van der Waals surface area (Å²) < 4.78 is 1.02. The molecule has 0 spiro atoms. The number of fused-ring (bicyclic) bond motifs is 1. The Hall–Kier alpha value is -1.66. The number of hydrogen-bond acceptors (Lipinski definition) is 5. The smallest absolute Gasteiger partial charge is 0.227 e. The Labute approximate surface area is 159 Å². The van der Waals surface area contributed by atoms with Gasteiger partial charge in [0.25, 0.3) is 0 Å². The molecule has 1 aromatic carbocycles. The molecule has 1 aromatic rings. The largest absolute Gasteiger partial charge is 0.338 e. The van der Waals surface area contributed by atoms with Gasteiger partial charge in [-0.25, -0.2) is 10.0 Å². The van der Waals surface area contributed by atoms with Crippen molar-refractivity contribution < 1.29 is 0 Å². The zero-order chi connectivity index (χ0) is 18.6. The van der Waals surface area contributed by atoms with Gasteiger partial charge in [0, 0.05) is 41.9 Å². The number of aliphatic imine (C=N–C) groups is 1. The molecule has 2 heterocycles. The molecule has 0 amide bonds. The highest BCUT2D eigenvalue weighted by atomic mass is 79.9. The Bertz CT molecular complexity index is 683. The second-order valence-electron chi connectivity index (χ2n) is 6.17. The van der Waals surface area contributed by atoms with Crippen LogP contribution in [-0.4, -0.2) is 59.7 Å². The van der Waals surface area contributed by atoms with Crippen molar-refractivity contribution in [1.82, 2.24) is 14.8 Å². The Kier molecular flexibility index (Phi) is 6.79. The minimum absolute atomic E-state index is 0.867. The highest BCUT2D eigenvalue weighted by molar-refractivity contribution is 9.10. The van der Waals surface area contributed by atoms with Gasteiger partial charge >= 0.3 is 0 Å². The summed E-state index contributed by atoms with van der Waals surface area (Å²) in [6.45, 7) is 16.2. The molecule has 0 N–H and O–H groups in total. The van der Waals surface area contributed by atoms with Crippen molar-refractivity contribution in [3.8, 4) is 0 Å². The molecular weight excluding hydrogens is 378 g/mol. The predicted molar refractivity (Wildman–Crippen MR) is 111 cm³/mol. The van der Waals surface area contributed by atoms with Gasteiger partial charge in [0.2, 0.25) is 5.96 Å². The van der Waals surface area contributed by atoms with Gasteiger partial charge in [-0.3, -0.25) is 0 Å². The number of hydrogen-bond donors (Lipinski definition) is 0. The predicted octanol–water partition coefficient (Wildman–Crippen LogP) is 4.39. The fourth-order valence-corrected chi connectivity index (χ4v) is 3.10. The lowest BCUT2D eigenvalue weighted by molar-refractivity contribution is 0.204. The molecule has 0 atom stereocenters. The zero-order valence-electron chi connectivity index (χ0n) is 15.9. The first-order chi connectivity index (χ1) is 12.0. The minimum Gasteiger partial charge on any atom is -0.338 e.